The minimum Gasteiger partial charge on any atom is -0.395 e. The van der Waals surface area contributed by atoms with Gasteiger partial charge in [-0.25, -0.2) is 4.39 Å². The lowest BCUT2D eigenvalue weighted by Crippen LogP contribution is -2.27. The highest BCUT2D eigenvalue weighted by molar-refractivity contribution is 5.48. The van der Waals surface area contributed by atoms with Gasteiger partial charge in [0.1, 0.15) is 5.82 Å². The Balaban J connectivity index is 2.87. The maximum Gasteiger partial charge on any atom is 0.129 e. The monoisotopic (exact) mass is 226 g/mol. The number of nitrogens with two attached hydrogens (primary N) is 1. The lowest BCUT2D eigenvalue weighted by atomic mass is 10.1. The number of halogens is 1. The highest BCUT2D eigenvalue weighted by atomic mass is 19.1. The standard InChI is InChI=1S/C12H19FN2O/c1-2-5-15(6-7-16)11-4-3-10(9-14)12(13)8-11/h3-4,8,16H,2,5-7,9,14H2,1H3. The van der Waals surface area contributed by atoms with Crippen molar-refractivity contribution in [3.05, 3.63) is 29.6 Å². The molecule has 0 atom stereocenters. The highest BCUT2D eigenvalue weighted by Crippen LogP contribution is 2.18. The SMILES string of the molecule is CCCN(CCO)c1ccc(CN)c(F)c1. The molecule has 0 amide bonds. The molecule has 4 heteroatoms. The van der Waals surface area contributed by atoms with Gasteiger partial charge in [0.25, 0.3) is 0 Å². The number of benzene rings is 1. The number of anilines is 1. The molecular formula is C12H19FN2O. The van der Waals surface area contributed by atoms with Crippen LogP contribution in [0.5, 0.6) is 0 Å². The van der Waals surface area contributed by atoms with Crippen molar-refractivity contribution in [2.45, 2.75) is 19.9 Å². The molecule has 0 bridgehead atoms. The molecule has 1 aromatic carbocycles. The van der Waals surface area contributed by atoms with Crippen molar-refractivity contribution in [3.63, 3.8) is 0 Å². The molecule has 0 saturated heterocycles. The molecule has 0 aromatic heterocycles. The summed E-state index contributed by atoms with van der Waals surface area (Å²) >= 11 is 0. The predicted octanol–water partition coefficient (Wildman–Crippen LogP) is 1.49. The second-order valence-corrected chi connectivity index (χ2v) is 3.69. The molecule has 0 aliphatic rings. The van der Waals surface area contributed by atoms with E-state index in [9.17, 15) is 4.39 Å². The minimum atomic E-state index is -0.279. The van der Waals surface area contributed by atoms with E-state index in [0.717, 1.165) is 18.7 Å². The van der Waals surface area contributed by atoms with E-state index in [4.69, 9.17) is 10.8 Å². The summed E-state index contributed by atoms with van der Waals surface area (Å²) < 4.78 is 13.5. The average Bonchev–Trinajstić information content (AvgIpc) is 2.28. The summed E-state index contributed by atoms with van der Waals surface area (Å²) in [5, 5.41) is 8.94. The van der Waals surface area contributed by atoms with Gasteiger partial charge in [-0.15, -0.1) is 0 Å². The number of nitrogens with zero attached hydrogens (tertiary/aromatic N) is 1. The van der Waals surface area contributed by atoms with Crippen LogP contribution in [0, 0.1) is 5.82 Å². The summed E-state index contributed by atoms with van der Waals surface area (Å²) in [6.07, 6.45) is 0.959. The lowest BCUT2D eigenvalue weighted by Gasteiger charge is -2.23. The van der Waals surface area contributed by atoms with E-state index in [1.54, 1.807) is 6.07 Å². The summed E-state index contributed by atoms with van der Waals surface area (Å²) in [5.74, 6) is -0.279. The van der Waals surface area contributed by atoms with Gasteiger partial charge in [-0.3, -0.25) is 0 Å². The fraction of sp³-hybridized carbons (Fsp3) is 0.500. The zero-order valence-electron chi connectivity index (χ0n) is 9.62. The first kappa shape index (κ1) is 12.9. The Kier molecular flexibility index (Phi) is 5.22. The van der Waals surface area contributed by atoms with Gasteiger partial charge in [-0.2, -0.15) is 0 Å². The Labute approximate surface area is 95.7 Å². The average molecular weight is 226 g/mol. The molecule has 1 rings (SSSR count). The maximum atomic E-state index is 13.5. The van der Waals surface area contributed by atoms with Crippen LogP contribution in [0.2, 0.25) is 0 Å². The molecule has 16 heavy (non-hydrogen) atoms. The Hall–Kier alpha value is -1.13. The Morgan fingerprint density at radius 2 is 2.12 bits per heavy atom. The summed E-state index contributed by atoms with van der Waals surface area (Å²) in [6.45, 7) is 3.66. The van der Waals surface area contributed by atoms with Crippen LogP contribution in [0.25, 0.3) is 0 Å². The molecule has 3 nitrogen and oxygen atoms in total. The topological polar surface area (TPSA) is 49.5 Å². The van der Waals surface area contributed by atoms with E-state index in [2.05, 4.69) is 6.92 Å². The molecule has 90 valence electrons. The van der Waals surface area contributed by atoms with E-state index >= 15 is 0 Å². The van der Waals surface area contributed by atoms with Crippen molar-refractivity contribution in [2.75, 3.05) is 24.6 Å². The first-order valence-corrected chi connectivity index (χ1v) is 5.57. The Bertz CT molecular complexity index is 325. The third kappa shape index (κ3) is 3.18. The highest BCUT2D eigenvalue weighted by Gasteiger charge is 2.08. The smallest absolute Gasteiger partial charge is 0.129 e. The van der Waals surface area contributed by atoms with Gasteiger partial charge < -0.3 is 15.7 Å². The lowest BCUT2D eigenvalue weighted by molar-refractivity contribution is 0.302. The normalized spacial score (nSPS) is 10.5. The van der Waals surface area contributed by atoms with Gasteiger partial charge >= 0.3 is 0 Å². The summed E-state index contributed by atoms with van der Waals surface area (Å²) in [6, 6.07) is 5.02. The number of aliphatic hydroxyl groups is 1. The Morgan fingerprint density at radius 3 is 2.62 bits per heavy atom. The molecule has 0 unspecified atom stereocenters. The number of hydrogen-bond acceptors (Lipinski definition) is 3. The maximum absolute atomic E-state index is 13.5. The van der Waals surface area contributed by atoms with Crippen LogP contribution < -0.4 is 10.6 Å². The summed E-state index contributed by atoms with van der Waals surface area (Å²) in [4.78, 5) is 1.96. The summed E-state index contributed by atoms with van der Waals surface area (Å²) in [7, 11) is 0. The second-order valence-electron chi connectivity index (χ2n) is 3.69. The molecule has 0 aliphatic carbocycles. The predicted molar refractivity (Wildman–Crippen MR) is 63.9 cm³/mol. The number of rotatable bonds is 6. The quantitative estimate of drug-likeness (QED) is 0.772. The first-order chi connectivity index (χ1) is 7.72. The van der Waals surface area contributed by atoms with E-state index in [-0.39, 0.29) is 19.0 Å². The molecule has 1 aromatic rings. The number of aliphatic hydroxyl groups excluding tert-OH is 1. The van der Waals surface area contributed by atoms with Gasteiger partial charge in [0.2, 0.25) is 0 Å². The van der Waals surface area contributed by atoms with Crippen LogP contribution in [0.1, 0.15) is 18.9 Å². The molecule has 0 aliphatic heterocycles. The molecule has 0 spiro atoms. The fourth-order valence-electron chi connectivity index (χ4n) is 1.66. The van der Waals surface area contributed by atoms with E-state index in [0.29, 0.717) is 12.1 Å². The largest absolute Gasteiger partial charge is 0.395 e. The van der Waals surface area contributed by atoms with Crippen molar-refractivity contribution in [1.82, 2.24) is 0 Å². The van der Waals surface area contributed by atoms with Crippen LogP contribution in [0.3, 0.4) is 0 Å². The molecule has 0 heterocycles. The number of hydrogen-bond donors (Lipinski definition) is 2. The van der Waals surface area contributed by atoms with Gasteiger partial charge in [0, 0.05) is 30.9 Å². The fourth-order valence-corrected chi connectivity index (χ4v) is 1.66. The van der Waals surface area contributed by atoms with Crippen molar-refractivity contribution >= 4 is 5.69 Å². The van der Waals surface area contributed by atoms with Crippen LogP contribution in [-0.2, 0) is 6.54 Å². The summed E-state index contributed by atoms with van der Waals surface area (Å²) in [5.41, 5.74) is 6.72. The van der Waals surface area contributed by atoms with Crippen LogP contribution in [0.4, 0.5) is 10.1 Å². The van der Waals surface area contributed by atoms with Crippen LogP contribution in [-0.4, -0.2) is 24.8 Å². The third-order valence-electron chi connectivity index (χ3n) is 2.49. The van der Waals surface area contributed by atoms with Crippen LogP contribution >= 0.6 is 0 Å². The van der Waals surface area contributed by atoms with E-state index in [1.807, 2.05) is 11.0 Å². The van der Waals surface area contributed by atoms with Crippen LogP contribution in [0.15, 0.2) is 18.2 Å². The Morgan fingerprint density at radius 1 is 1.38 bits per heavy atom. The van der Waals surface area contributed by atoms with E-state index in [1.165, 1.54) is 6.07 Å². The zero-order chi connectivity index (χ0) is 12.0. The van der Waals surface area contributed by atoms with Crippen molar-refractivity contribution < 1.29 is 9.50 Å². The molecule has 0 saturated carbocycles. The van der Waals surface area contributed by atoms with Crippen molar-refractivity contribution in [3.8, 4) is 0 Å². The van der Waals surface area contributed by atoms with Gasteiger partial charge in [-0.05, 0) is 18.6 Å². The second kappa shape index (κ2) is 6.45. The molecule has 3 N–H and O–H groups in total. The van der Waals surface area contributed by atoms with E-state index < -0.39 is 0 Å². The molecule has 0 fully saturated rings. The van der Waals surface area contributed by atoms with Crippen molar-refractivity contribution in [1.29, 1.82) is 0 Å². The van der Waals surface area contributed by atoms with Gasteiger partial charge in [-0.1, -0.05) is 13.0 Å². The minimum absolute atomic E-state index is 0.0697. The van der Waals surface area contributed by atoms with Gasteiger partial charge in [0.15, 0.2) is 0 Å². The van der Waals surface area contributed by atoms with Crippen molar-refractivity contribution in [2.24, 2.45) is 5.73 Å². The molecule has 0 radical (unpaired) electrons. The van der Waals surface area contributed by atoms with Gasteiger partial charge in [0.05, 0.1) is 6.61 Å². The zero-order valence-corrected chi connectivity index (χ0v) is 9.62. The molecular weight excluding hydrogens is 207 g/mol. The third-order valence-corrected chi connectivity index (χ3v) is 2.49. The first-order valence-electron chi connectivity index (χ1n) is 5.57.